The van der Waals surface area contributed by atoms with Crippen molar-refractivity contribution in [1.82, 2.24) is 15.2 Å². The molecule has 1 fully saturated rings. The molecule has 1 saturated heterocycles. The van der Waals surface area contributed by atoms with Gasteiger partial charge in [-0.1, -0.05) is 0 Å². The van der Waals surface area contributed by atoms with E-state index in [4.69, 9.17) is 0 Å². The van der Waals surface area contributed by atoms with Crippen molar-refractivity contribution in [2.24, 2.45) is 0 Å². The third kappa shape index (κ3) is 5.53. The molecular formula is C19H20N4O8S2. The molecular weight excluding hydrogens is 476 g/mol. The Bertz CT molecular complexity index is 1320. The van der Waals surface area contributed by atoms with Gasteiger partial charge in [0.1, 0.15) is 0 Å². The molecule has 176 valence electrons. The van der Waals surface area contributed by atoms with Gasteiger partial charge in [-0.3, -0.25) is 30.6 Å². The molecule has 33 heavy (non-hydrogen) atoms. The average molecular weight is 497 g/mol. The fraction of sp³-hybridized carbons (Fsp3) is 0.263. The minimum atomic E-state index is -3.84. The van der Waals surface area contributed by atoms with Crippen LogP contribution >= 0.6 is 0 Å². The van der Waals surface area contributed by atoms with Crippen LogP contribution in [0.4, 0.5) is 5.69 Å². The summed E-state index contributed by atoms with van der Waals surface area (Å²) in [6.07, 6.45) is 2.41. The van der Waals surface area contributed by atoms with E-state index in [1.54, 1.807) is 0 Å². The van der Waals surface area contributed by atoms with Gasteiger partial charge in [-0.25, -0.2) is 16.8 Å². The van der Waals surface area contributed by atoms with Gasteiger partial charge in [-0.15, -0.1) is 0 Å². The van der Waals surface area contributed by atoms with Gasteiger partial charge in [0.15, 0.2) is 9.84 Å². The predicted molar refractivity (Wildman–Crippen MR) is 116 cm³/mol. The van der Waals surface area contributed by atoms with E-state index in [0.29, 0.717) is 13.1 Å². The predicted octanol–water partition coefficient (Wildman–Crippen LogP) is 0.858. The summed E-state index contributed by atoms with van der Waals surface area (Å²) in [5.41, 5.74) is 3.24. The fourth-order valence-corrected chi connectivity index (χ4v) is 5.34. The number of benzene rings is 2. The molecule has 0 unspecified atom stereocenters. The molecule has 0 atom stereocenters. The maximum Gasteiger partial charge on any atom is 0.271 e. The summed E-state index contributed by atoms with van der Waals surface area (Å²) >= 11 is 0. The van der Waals surface area contributed by atoms with Crippen LogP contribution in [0.15, 0.2) is 52.3 Å². The van der Waals surface area contributed by atoms with Crippen LogP contribution in [-0.4, -0.2) is 57.2 Å². The van der Waals surface area contributed by atoms with E-state index in [-0.39, 0.29) is 16.0 Å². The summed E-state index contributed by atoms with van der Waals surface area (Å²) in [7, 11) is -7.48. The van der Waals surface area contributed by atoms with E-state index < -0.39 is 47.2 Å². The number of hydrogen-bond donors (Lipinski definition) is 2. The molecule has 14 heteroatoms. The molecule has 0 bridgehead atoms. The van der Waals surface area contributed by atoms with Crippen LogP contribution in [0.25, 0.3) is 0 Å². The molecule has 0 aliphatic carbocycles. The Morgan fingerprint density at radius 2 is 1.42 bits per heavy atom. The van der Waals surface area contributed by atoms with E-state index in [1.807, 2.05) is 5.43 Å². The van der Waals surface area contributed by atoms with Crippen molar-refractivity contribution < 1.29 is 31.3 Å². The molecule has 12 nitrogen and oxygen atoms in total. The number of amides is 2. The Kier molecular flexibility index (Phi) is 6.81. The average Bonchev–Trinajstić information content (AvgIpc) is 3.32. The molecule has 1 heterocycles. The highest BCUT2D eigenvalue weighted by atomic mass is 32.2. The molecule has 0 radical (unpaired) electrons. The number of rotatable bonds is 6. The highest BCUT2D eigenvalue weighted by molar-refractivity contribution is 7.90. The molecule has 2 aromatic rings. The highest BCUT2D eigenvalue weighted by Crippen LogP contribution is 2.22. The third-order valence-corrected chi connectivity index (χ3v) is 7.91. The molecule has 0 aromatic heterocycles. The van der Waals surface area contributed by atoms with Gasteiger partial charge in [0.05, 0.1) is 14.7 Å². The van der Waals surface area contributed by atoms with Crippen LogP contribution in [0, 0.1) is 10.1 Å². The summed E-state index contributed by atoms with van der Waals surface area (Å²) in [6.45, 7) is 0.880. The van der Waals surface area contributed by atoms with E-state index in [2.05, 4.69) is 5.43 Å². The van der Waals surface area contributed by atoms with Gasteiger partial charge >= 0.3 is 0 Å². The van der Waals surface area contributed by atoms with Crippen molar-refractivity contribution in [2.75, 3.05) is 19.3 Å². The van der Waals surface area contributed by atoms with Crippen LogP contribution in [0.3, 0.4) is 0 Å². The molecule has 2 N–H and O–H groups in total. The van der Waals surface area contributed by atoms with E-state index in [9.17, 15) is 36.5 Å². The van der Waals surface area contributed by atoms with Gasteiger partial charge in [0, 0.05) is 42.6 Å². The third-order valence-electron chi connectivity index (χ3n) is 4.90. The maximum atomic E-state index is 12.5. The SMILES string of the molecule is CS(=O)(=O)c1cc(C(=O)NNC(=O)c2ccc(S(=O)(=O)N3CCCC3)cc2)cc([N+](=O)[O-])c1. The van der Waals surface area contributed by atoms with Crippen molar-refractivity contribution in [2.45, 2.75) is 22.6 Å². The Hall–Kier alpha value is -3.36. The molecule has 1 aliphatic heterocycles. The molecule has 2 amide bonds. The zero-order valence-corrected chi connectivity index (χ0v) is 19.0. The number of hydrogen-bond acceptors (Lipinski definition) is 8. The van der Waals surface area contributed by atoms with Gasteiger partial charge in [0.25, 0.3) is 17.5 Å². The Balaban J connectivity index is 1.71. The minimum Gasteiger partial charge on any atom is -0.267 e. The van der Waals surface area contributed by atoms with Gasteiger partial charge in [-0.2, -0.15) is 4.31 Å². The monoisotopic (exact) mass is 496 g/mol. The summed E-state index contributed by atoms with van der Waals surface area (Å²) in [6, 6.07) is 7.75. The van der Waals surface area contributed by atoms with Crippen LogP contribution < -0.4 is 10.9 Å². The lowest BCUT2D eigenvalue weighted by Gasteiger charge is -2.15. The maximum absolute atomic E-state index is 12.5. The van der Waals surface area contributed by atoms with Crippen molar-refractivity contribution in [3.8, 4) is 0 Å². The second kappa shape index (κ2) is 9.25. The topological polar surface area (TPSA) is 173 Å². The minimum absolute atomic E-state index is 0.0369. The van der Waals surface area contributed by atoms with Gasteiger partial charge < -0.3 is 0 Å². The van der Waals surface area contributed by atoms with Gasteiger partial charge in [0.2, 0.25) is 10.0 Å². The van der Waals surface area contributed by atoms with Gasteiger partial charge in [-0.05, 0) is 43.2 Å². The standard InChI is InChI=1S/C19H20N4O8S2/c1-32(28,29)17-11-14(10-15(12-17)23(26)27)19(25)21-20-18(24)13-4-6-16(7-5-13)33(30,31)22-8-2-3-9-22/h4-7,10-12H,2-3,8-9H2,1H3,(H,20,24)(H,21,25). The summed E-state index contributed by atoms with van der Waals surface area (Å²) in [5, 5.41) is 11.1. The molecule has 0 spiro atoms. The molecule has 2 aromatic carbocycles. The zero-order chi connectivity index (χ0) is 24.4. The first-order chi connectivity index (χ1) is 15.4. The Morgan fingerprint density at radius 1 is 0.879 bits per heavy atom. The summed E-state index contributed by atoms with van der Waals surface area (Å²) in [5.74, 6) is -1.76. The number of sulfonamides is 1. The molecule has 3 rings (SSSR count). The number of non-ortho nitro benzene ring substituents is 1. The quantitative estimate of drug-likeness (QED) is 0.437. The van der Waals surface area contributed by atoms with Crippen molar-refractivity contribution in [1.29, 1.82) is 0 Å². The number of nitro benzene ring substituents is 1. The largest absolute Gasteiger partial charge is 0.271 e. The van der Waals surface area contributed by atoms with Crippen LogP contribution in [0.2, 0.25) is 0 Å². The number of sulfone groups is 1. The second-order valence-electron chi connectivity index (χ2n) is 7.29. The molecule has 0 saturated carbocycles. The highest BCUT2D eigenvalue weighted by Gasteiger charge is 2.27. The normalized spacial score (nSPS) is 14.6. The lowest BCUT2D eigenvalue weighted by molar-refractivity contribution is -0.385. The summed E-state index contributed by atoms with van der Waals surface area (Å²) < 4.78 is 49.9. The lowest BCUT2D eigenvalue weighted by Crippen LogP contribution is -2.41. The number of carbonyl (C=O) groups excluding carboxylic acids is 2. The first-order valence-corrected chi connectivity index (χ1v) is 12.9. The van der Waals surface area contributed by atoms with Crippen LogP contribution in [0.1, 0.15) is 33.6 Å². The Labute approximate surface area is 189 Å². The van der Waals surface area contributed by atoms with Crippen molar-refractivity contribution in [3.63, 3.8) is 0 Å². The van der Waals surface area contributed by atoms with E-state index >= 15 is 0 Å². The number of nitrogens with one attached hydrogen (secondary N) is 2. The lowest BCUT2D eigenvalue weighted by atomic mass is 10.2. The van der Waals surface area contributed by atoms with Crippen molar-refractivity contribution >= 4 is 37.4 Å². The zero-order valence-electron chi connectivity index (χ0n) is 17.3. The number of carbonyl (C=O) groups is 2. The summed E-state index contributed by atoms with van der Waals surface area (Å²) in [4.78, 5) is 34.5. The molecule has 1 aliphatic rings. The van der Waals surface area contributed by atoms with E-state index in [0.717, 1.165) is 37.3 Å². The van der Waals surface area contributed by atoms with Crippen molar-refractivity contribution in [3.05, 3.63) is 63.7 Å². The number of hydrazine groups is 1. The second-order valence-corrected chi connectivity index (χ2v) is 11.2. The fourth-order valence-electron chi connectivity index (χ4n) is 3.15. The first kappa shape index (κ1) is 24.3. The smallest absolute Gasteiger partial charge is 0.267 e. The first-order valence-electron chi connectivity index (χ1n) is 9.60. The number of nitro groups is 1. The number of nitrogens with zero attached hydrogens (tertiary/aromatic N) is 2. The van der Waals surface area contributed by atoms with Crippen LogP contribution in [-0.2, 0) is 19.9 Å². The van der Waals surface area contributed by atoms with Crippen LogP contribution in [0.5, 0.6) is 0 Å². The van der Waals surface area contributed by atoms with E-state index in [1.165, 1.54) is 28.6 Å². The Morgan fingerprint density at radius 3 is 1.94 bits per heavy atom.